The van der Waals surface area contributed by atoms with Crippen molar-refractivity contribution in [3.05, 3.63) is 56.9 Å². The summed E-state index contributed by atoms with van der Waals surface area (Å²) in [5, 5.41) is 4.82. The van der Waals surface area contributed by atoms with Crippen LogP contribution in [-0.2, 0) is 19.8 Å². The summed E-state index contributed by atoms with van der Waals surface area (Å²) in [4.78, 5) is 33.0. The molecule has 0 aliphatic rings. The molecule has 0 aliphatic heterocycles. The monoisotopic (exact) mass is 357 g/mol. The maximum Gasteiger partial charge on any atom is 0.330 e. The lowest BCUT2D eigenvalue weighted by atomic mass is 10.2. The number of nitrogens with zero attached hydrogens (tertiary/aromatic N) is 4. The lowest BCUT2D eigenvalue weighted by Gasteiger charge is -2.11. The average Bonchev–Trinajstić information content (AvgIpc) is 2.62. The largest absolute Gasteiger partial charge is 0.370 e. The highest BCUT2D eigenvalue weighted by molar-refractivity contribution is 7.98. The Morgan fingerprint density at radius 1 is 1.12 bits per heavy atom. The van der Waals surface area contributed by atoms with Gasteiger partial charge in [0.1, 0.15) is 5.82 Å². The van der Waals surface area contributed by atoms with Gasteiger partial charge in [-0.25, -0.2) is 14.8 Å². The number of nitrogens with one attached hydrogen (secondary N) is 1. The normalized spacial score (nSPS) is 11.0. The van der Waals surface area contributed by atoms with Gasteiger partial charge in [0.15, 0.2) is 5.16 Å². The first-order valence-electron chi connectivity index (χ1n) is 7.90. The van der Waals surface area contributed by atoms with E-state index in [-0.39, 0.29) is 11.2 Å². The quantitative estimate of drug-likeness (QED) is 0.553. The lowest BCUT2D eigenvalue weighted by molar-refractivity contribution is 0.665. The van der Waals surface area contributed by atoms with Crippen LogP contribution in [-0.4, -0.2) is 25.6 Å². The molecular weight excluding hydrogens is 338 g/mol. The van der Waals surface area contributed by atoms with Crippen molar-refractivity contribution in [2.75, 3.05) is 11.9 Å². The summed E-state index contributed by atoms with van der Waals surface area (Å²) >= 11 is 1.40. The van der Waals surface area contributed by atoms with Crippen LogP contribution in [0, 0.1) is 0 Å². The van der Waals surface area contributed by atoms with Crippen molar-refractivity contribution < 1.29 is 0 Å². The predicted octanol–water partition coefficient (Wildman–Crippen LogP) is 1.75. The summed E-state index contributed by atoms with van der Waals surface area (Å²) < 4.78 is 2.56. The van der Waals surface area contributed by atoms with Gasteiger partial charge < -0.3 is 5.32 Å². The van der Waals surface area contributed by atoms with Crippen molar-refractivity contribution in [2.24, 2.45) is 14.1 Å². The molecule has 0 saturated heterocycles. The third kappa shape index (κ3) is 3.43. The van der Waals surface area contributed by atoms with Crippen LogP contribution in [0.15, 0.2) is 45.1 Å². The van der Waals surface area contributed by atoms with Crippen LogP contribution < -0.4 is 16.6 Å². The minimum Gasteiger partial charge on any atom is -0.370 e. The predicted molar refractivity (Wildman–Crippen MR) is 100 cm³/mol. The van der Waals surface area contributed by atoms with E-state index >= 15 is 0 Å². The van der Waals surface area contributed by atoms with Gasteiger partial charge in [-0.1, -0.05) is 23.9 Å². The van der Waals surface area contributed by atoms with Crippen LogP contribution in [0.2, 0.25) is 0 Å². The molecule has 2 aromatic heterocycles. The Kier molecular flexibility index (Phi) is 4.89. The van der Waals surface area contributed by atoms with Crippen molar-refractivity contribution in [1.82, 2.24) is 19.1 Å². The van der Waals surface area contributed by atoms with Gasteiger partial charge in [-0.3, -0.25) is 13.9 Å². The van der Waals surface area contributed by atoms with E-state index < -0.39 is 0 Å². The number of thioether (sulfide) groups is 1. The Labute approximate surface area is 148 Å². The maximum absolute atomic E-state index is 12.0. The molecule has 130 valence electrons. The molecule has 7 nitrogen and oxygen atoms in total. The fraction of sp³-hybridized carbons (Fsp3) is 0.294. The van der Waals surface area contributed by atoms with Crippen LogP contribution in [0.5, 0.6) is 0 Å². The minimum absolute atomic E-state index is 0.313. The van der Waals surface area contributed by atoms with Gasteiger partial charge in [0.25, 0.3) is 5.56 Å². The van der Waals surface area contributed by atoms with E-state index in [0.29, 0.717) is 16.6 Å². The first kappa shape index (κ1) is 17.2. The number of anilines is 1. The van der Waals surface area contributed by atoms with Crippen molar-refractivity contribution in [2.45, 2.75) is 17.8 Å². The van der Waals surface area contributed by atoms with Gasteiger partial charge in [0.2, 0.25) is 0 Å². The van der Waals surface area contributed by atoms with Gasteiger partial charge in [-0.2, -0.15) is 0 Å². The van der Waals surface area contributed by atoms with Crippen LogP contribution in [0.25, 0.3) is 10.9 Å². The summed E-state index contributed by atoms with van der Waals surface area (Å²) in [6.45, 7) is 2.77. The van der Waals surface area contributed by atoms with Gasteiger partial charge >= 0.3 is 5.69 Å². The Bertz CT molecular complexity index is 1040. The zero-order valence-electron chi connectivity index (χ0n) is 14.3. The molecule has 1 N–H and O–H groups in total. The number of fused-ring (bicyclic) bond motifs is 1. The molecule has 8 heteroatoms. The number of aromatic nitrogens is 4. The van der Waals surface area contributed by atoms with E-state index in [9.17, 15) is 9.59 Å². The second kappa shape index (κ2) is 7.10. The summed E-state index contributed by atoms with van der Waals surface area (Å²) in [5.41, 5.74) is 0.844. The topological polar surface area (TPSA) is 81.8 Å². The molecule has 0 aliphatic carbocycles. The van der Waals surface area contributed by atoms with E-state index in [4.69, 9.17) is 0 Å². The van der Waals surface area contributed by atoms with Crippen LogP contribution in [0.3, 0.4) is 0 Å². The number of para-hydroxylation sites is 1. The van der Waals surface area contributed by atoms with Crippen molar-refractivity contribution in [3.63, 3.8) is 0 Å². The Balaban J connectivity index is 1.94. The van der Waals surface area contributed by atoms with Gasteiger partial charge in [-0.15, -0.1) is 0 Å². The summed E-state index contributed by atoms with van der Waals surface area (Å²) in [7, 11) is 3.12. The summed E-state index contributed by atoms with van der Waals surface area (Å²) in [5.74, 6) is 1.22. The fourth-order valence-electron chi connectivity index (χ4n) is 2.48. The Morgan fingerprint density at radius 3 is 2.64 bits per heavy atom. The van der Waals surface area contributed by atoms with Gasteiger partial charge in [0, 0.05) is 43.5 Å². The zero-order chi connectivity index (χ0) is 18.0. The molecule has 1 aromatic carbocycles. The first-order chi connectivity index (χ1) is 12.0. The van der Waals surface area contributed by atoms with E-state index in [2.05, 4.69) is 15.3 Å². The SMILES string of the molecule is CCNc1nc(SCc2cc(=O)n(C)c(=O)n2C)nc2ccccc12. The molecule has 0 bridgehead atoms. The maximum atomic E-state index is 12.0. The van der Waals surface area contributed by atoms with E-state index in [1.54, 1.807) is 7.05 Å². The Hall–Kier alpha value is -2.61. The molecule has 0 fully saturated rings. The second-order valence-electron chi connectivity index (χ2n) is 5.57. The van der Waals surface area contributed by atoms with E-state index in [1.807, 2.05) is 31.2 Å². The van der Waals surface area contributed by atoms with Crippen LogP contribution in [0.1, 0.15) is 12.6 Å². The highest BCUT2D eigenvalue weighted by Crippen LogP contribution is 2.25. The minimum atomic E-state index is -0.337. The molecular formula is C17H19N5O2S. The number of hydrogen-bond acceptors (Lipinski definition) is 6. The van der Waals surface area contributed by atoms with Crippen molar-refractivity contribution in [3.8, 4) is 0 Å². The number of hydrogen-bond donors (Lipinski definition) is 1. The zero-order valence-corrected chi connectivity index (χ0v) is 15.1. The smallest absolute Gasteiger partial charge is 0.330 e. The third-order valence-corrected chi connectivity index (χ3v) is 4.78. The molecule has 0 radical (unpaired) electrons. The molecule has 25 heavy (non-hydrogen) atoms. The number of rotatable bonds is 5. The van der Waals surface area contributed by atoms with E-state index in [1.165, 1.54) is 29.4 Å². The molecule has 2 heterocycles. The molecule has 0 amide bonds. The molecule has 3 rings (SSSR count). The average molecular weight is 357 g/mol. The highest BCUT2D eigenvalue weighted by atomic mass is 32.2. The fourth-order valence-corrected chi connectivity index (χ4v) is 3.35. The molecule has 3 aromatic rings. The molecule has 0 atom stereocenters. The molecule has 0 saturated carbocycles. The lowest BCUT2D eigenvalue weighted by Crippen LogP contribution is -2.37. The summed E-state index contributed by atoms with van der Waals surface area (Å²) in [6.07, 6.45) is 0. The van der Waals surface area contributed by atoms with Gasteiger partial charge in [-0.05, 0) is 19.1 Å². The number of benzene rings is 1. The van der Waals surface area contributed by atoms with Crippen molar-refractivity contribution >= 4 is 28.5 Å². The molecule has 0 spiro atoms. The Morgan fingerprint density at radius 2 is 1.88 bits per heavy atom. The van der Waals surface area contributed by atoms with Crippen LogP contribution in [0.4, 0.5) is 5.82 Å². The third-order valence-electron chi connectivity index (χ3n) is 3.90. The summed E-state index contributed by atoms with van der Waals surface area (Å²) in [6, 6.07) is 9.28. The van der Waals surface area contributed by atoms with Crippen molar-refractivity contribution in [1.29, 1.82) is 0 Å². The van der Waals surface area contributed by atoms with E-state index in [0.717, 1.165) is 27.8 Å². The standard InChI is InChI=1S/C17H19N5O2S/c1-4-18-15-12-7-5-6-8-13(12)19-16(20-15)25-10-11-9-14(23)22(3)17(24)21(11)2/h5-9H,4,10H2,1-3H3,(H,18,19,20). The molecule has 0 unspecified atom stereocenters. The van der Waals surface area contributed by atoms with Crippen LogP contribution >= 0.6 is 11.8 Å². The van der Waals surface area contributed by atoms with Gasteiger partial charge in [0.05, 0.1) is 5.52 Å². The second-order valence-corrected chi connectivity index (χ2v) is 6.51. The highest BCUT2D eigenvalue weighted by Gasteiger charge is 2.10. The first-order valence-corrected chi connectivity index (χ1v) is 8.89.